The lowest BCUT2D eigenvalue weighted by molar-refractivity contribution is -0.123. The van der Waals surface area contributed by atoms with Gasteiger partial charge in [0.1, 0.15) is 15.0 Å². The predicted octanol–water partition coefficient (Wildman–Crippen LogP) is 4.53. The molecule has 0 aliphatic carbocycles. The largest absolute Gasteiger partial charge is 0.376 e. The van der Waals surface area contributed by atoms with Crippen molar-refractivity contribution in [2.75, 3.05) is 13.2 Å². The number of hydrogen-bond donors (Lipinski definition) is 0. The van der Waals surface area contributed by atoms with Crippen molar-refractivity contribution in [2.45, 2.75) is 35.8 Å². The average Bonchev–Trinajstić information content (AvgIpc) is 3.42. The summed E-state index contributed by atoms with van der Waals surface area (Å²) in [6.45, 7) is 3.09. The molecule has 1 atom stereocenters. The summed E-state index contributed by atoms with van der Waals surface area (Å²) < 4.78 is 7.70. The van der Waals surface area contributed by atoms with Crippen molar-refractivity contribution in [3.63, 3.8) is 0 Å². The molecule has 4 heterocycles. The molecule has 0 bridgehead atoms. The molecule has 0 saturated carbocycles. The zero-order valence-electron chi connectivity index (χ0n) is 17.9. The summed E-state index contributed by atoms with van der Waals surface area (Å²) >= 11 is 8.10. The lowest BCUT2D eigenvalue weighted by Gasteiger charge is -2.18. The molecule has 1 aromatic carbocycles. The first-order chi connectivity index (χ1) is 16.0. The van der Waals surface area contributed by atoms with Gasteiger partial charge in [0.15, 0.2) is 0 Å². The van der Waals surface area contributed by atoms with Crippen LogP contribution in [0.5, 0.6) is 0 Å². The van der Waals surface area contributed by atoms with Gasteiger partial charge in [-0.05, 0) is 49.6 Å². The Kier molecular flexibility index (Phi) is 6.38. The monoisotopic (exact) mass is 495 g/mol. The highest BCUT2D eigenvalue weighted by Gasteiger charge is 2.35. The molecule has 33 heavy (non-hydrogen) atoms. The molecule has 2 saturated heterocycles. The molecule has 2 aliphatic heterocycles. The molecule has 5 rings (SSSR count). The van der Waals surface area contributed by atoms with Crippen molar-refractivity contribution >= 4 is 57.7 Å². The van der Waals surface area contributed by atoms with E-state index in [4.69, 9.17) is 21.9 Å². The summed E-state index contributed by atoms with van der Waals surface area (Å²) in [6, 6.07) is 13.5. The van der Waals surface area contributed by atoms with E-state index in [2.05, 4.69) is 0 Å². The molecule has 2 fully saturated rings. The highest BCUT2D eigenvalue weighted by Crippen LogP contribution is 2.35. The van der Waals surface area contributed by atoms with Gasteiger partial charge in [-0.25, -0.2) is 4.98 Å². The lowest BCUT2D eigenvalue weighted by atomic mass is 10.2. The van der Waals surface area contributed by atoms with Crippen LogP contribution >= 0.6 is 35.7 Å². The number of amides is 1. The number of nitrogens with zero attached hydrogens (tertiary/aromatic N) is 3. The minimum absolute atomic E-state index is 0.00647. The van der Waals surface area contributed by atoms with Crippen molar-refractivity contribution in [1.29, 1.82) is 0 Å². The van der Waals surface area contributed by atoms with Crippen LogP contribution in [0.1, 0.15) is 24.0 Å². The SMILES string of the molecule is Cc1ccc2nc(Sc3ccccc3)c(/C=C3\SC(=S)N(CC4CCCO4)C3=O)c(=O)n2c1. The number of fused-ring (bicyclic) bond motifs is 1. The van der Waals surface area contributed by atoms with Crippen molar-refractivity contribution in [1.82, 2.24) is 14.3 Å². The third-order valence-electron chi connectivity index (χ3n) is 5.49. The van der Waals surface area contributed by atoms with Crippen LogP contribution in [0, 0.1) is 6.92 Å². The van der Waals surface area contributed by atoms with E-state index in [-0.39, 0.29) is 17.6 Å². The minimum atomic E-state index is -0.216. The van der Waals surface area contributed by atoms with E-state index >= 15 is 0 Å². The molecule has 2 aromatic heterocycles. The maximum absolute atomic E-state index is 13.5. The van der Waals surface area contributed by atoms with Gasteiger partial charge < -0.3 is 4.74 Å². The van der Waals surface area contributed by atoms with Crippen molar-refractivity contribution in [2.24, 2.45) is 0 Å². The van der Waals surface area contributed by atoms with Crippen LogP contribution in [-0.2, 0) is 9.53 Å². The van der Waals surface area contributed by atoms with Gasteiger partial charge in [0.05, 0.1) is 23.1 Å². The second-order valence-corrected chi connectivity index (χ2v) is 10.7. The van der Waals surface area contributed by atoms with Gasteiger partial charge in [-0.2, -0.15) is 0 Å². The summed E-state index contributed by atoms with van der Waals surface area (Å²) in [5.41, 5.74) is 1.67. The smallest absolute Gasteiger partial charge is 0.266 e. The van der Waals surface area contributed by atoms with Crippen LogP contribution in [0.25, 0.3) is 11.7 Å². The number of hydrogen-bond acceptors (Lipinski definition) is 7. The van der Waals surface area contributed by atoms with Gasteiger partial charge in [-0.1, -0.05) is 60.0 Å². The molecule has 0 N–H and O–H groups in total. The zero-order chi connectivity index (χ0) is 22.9. The maximum atomic E-state index is 13.5. The lowest BCUT2D eigenvalue weighted by Crippen LogP contribution is -2.35. The van der Waals surface area contributed by atoms with Crippen molar-refractivity contribution in [3.8, 4) is 0 Å². The standard InChI is InChI=1S/C24H21N3O3S3/c1-15-9-10-20-25-21(32-17-7-3-2-4-8-17)18(22(28)26(20)13-15)12-19-23(29)27(24(31)33-19)14-16-6-5-11-30-16/h2-4,7-10,12-13,16H,5-6,11,14H2,1H3/b19-12-. The summed E-state index contributed by atoms with van der Waals surface area (Å²) in [6.07, 6.45) is 5.33. The number of benzene rings is 1. The first-order valence-electron chi connectivity index (χ1n) is 10.6. The summed E-state index contributed by atoms with van der Waals surface area (Å²) in [5.74, 6) is -0.190. The van der Waals surface area contributed by atoms with E-state index in [1.807, 2.05) is 49.4 Å². The Morgan fingerprint density at radius 1 is 1.24 bits per heavy atom. The van der Waals surface area contributed by atoms with Gasteiger partial charge in [0.2, 0.25) is 0 Å². The molecule has 6 nitrogen and oxygen atoms in total. The Hall–Kier alpha value is -2.46. The fourth-order valence-electron chi connectivity index (χ4n) is 3.82. The van der Waals surface area contributed by atoms with Crippen molar-refractivity contribution < 1.29 is 9.53 Å². The highest BCUT2D eigenvalue weighted by atomic mass is 32.2. The van der Waals surface area contributed by atoms with Gasteiger partial charge in [-0.3, -0.25) is 18.9 Å². The number of carbonyl (C=O) groups is 1. The average molecular weight is 496 g/mol. The number of aromatic nitrogens is 2. The van der Waals surface area contributed by atoms with E-state index in [0.717, 1.165) is 23.3 Å². The molecule has 0 spiro atoms. The molecule has 9 heteroatoms. The summed E-state index contributed by atoms with van der Waals surface area (Å²) in [7, 11) is 0. The van der Waals surface area contributed by atoms with Gasteiger partial charge in [0.25, 0.3) is 11.5 Å². The number of ether oxygens (including phenoxy) is 1. The first kappa shape index (κ1) is 22.3. The normalized spacial score (nSPS) is 19.8. The van der Waals surface area contributed by atoms with Crippen LogP contribution in [0.4, 0.5) is 0 Å². The molecular weight excluding hydrogens is 474 g/mol. The molecule has 1 unspecified atom stereocenters. The Labute approximate surface area is 205 Å². The first-order valence-corrected chi connectivity index (χ1v) is 12.7. The maximum Gasteiger partial charge on any atom is 0.266 e. The van der Waals surface area contributed by atoms with E-state index in [9.17, 15) is 9.59 Å². The molecule has 3 aromatic rings. The molecular formula is C24H21N3O3S3. The Morgan fingerprint density at radius 3 is 2.82 bits per heavy atom. The van der Waals surface area contributed by atoms with Crippen LogP contribution in [0.15, 0.2) is 68.3 Å². The Bertz CT molecular complexity index is 1330. The van der Waals surface area contributed by atoms with E-state index in [1.54, 1.807) is 17.2 Å². The quantitative estimate of drug-likeness (QED) is 0.293. The van der Waals surface area contributed by atoms with Crippen LogP contribution < -0.4 is 5.56 Å². The number of thiocarbonyl (C=S) groups is 1. The molecule has 2 aliphatic rings. The Balaban J connectivity index is 1.57. The second kappa shape index (κ2) is 9.42. The van der Waals surface area contributed by atoms with Gasteiger partial charge >= 0.3 is 0 Å². The molecule has 1 amide bonds. The summed E-state index contributed by atoms with van der Waals surface area (Å²) in [4.78, 5) is 34.4. The van der Waals surface area contributed by atoms with Gasteiger partial charge in [0, 0.05) is 17.7 Å². The fraction of sp³-hybridized carbons (Fsp3) is 0.250. The number of aryl methyl sites for hydroxylation is 1. The third kappa shape index (κ3) is 4.63. The topological polar surface area (TPSA) is 63.9 Å². The Morgan fingerprint density at radius 2 is 2.06 bits per heavy atom. The molecule has 168 valence electrons. The fourth-order valence-corrected chi connectivity index (χ4v) is 5.99. The van der Waals surface area contributed by atoms with Gasteiger partial charge in [-0.15, -0.1) is 0 Å². The van der Waals surface area contributed by atoms with Crippen molar-refractivity contribution in [3.05, 3.63) is 75.0 Å². The predicted molar refractivity (Wildman–Crippen MR) is 136 cm³/mol. The van der Waals surface area contributed by atoms with E-state index < -0.39 is 0 Å². The van der Waals surface area contributed by atoms with Crippen LogP contribution in [0.2, 0.25) is 0 Å². The third-order valence-corrected chi connectivity index (χ3v) is 7.88. The summed E-state index contributed by atoms with van der Waals surface area (Å²) in [5, 5.41) is 0.555. The number of thioether (sulfide) groups is 1. The van der Waals surface area contributed by atoms with Crippen LogP contribution in [-0.4, -0.2) is 43.8 Å². The zero-order valence-corrected chi connectivity index (χ0v) is 20.3. The number of pyridine rings is 1. The van der Waals surface area contributed by atoms with E-state index in [0.29, 0.717) is 38.6 Å². The van der Waals surface area contributed by atoms with Crippen LogP contribution in [0.3, 0.4) is 0 Å². The highest BCUT2D eigenvalue weighted by molar-refractivity contribution is 8.26. The number of rotatable bonds is 5. The minimum Gasteiger partial charge on any atom is -0.376 e. The van der Waals surface area contributed by atoms with E-state index in [1.165, 1.54) is 27.9 Å². The number of carbonyl (C=O) groups excluding carboxylic acids is 1. The second-order valence-electron chi connectivity index (χ2n) is 7.91. The molecule has 0 radical (unpaired) electrons.